The Labute approximate surface area is 119 Å². The highest BCUT2D eigenvalue weighted by atomic mass is 16.6. The van der Waals surface area contributed by atoms with Crippen LogP contribution in [0.25, 0.3) is 0 Å². The van der Waals surface area contributed by atoms with Crippen LogP contribution in [-0.2, 0) is 14.3 Å². The molecule has 0 aliphatic carbocycles. The number of carbonyl (C=O) groups excluding carboxylic acids is 1. The van der Waals surface area contributed by atoms with Crippen molar-refractivity contribution in [2.45, 2.75) is 38.4 Å². The number of benzene rings is 1. The second-order valence-electron chi connectivity index (χ2n) is 5.55. The summed E-state index contributed by atoms with van der Waals surface area (Å²) in [6, 6.07) is 7.03. The van der Waals surface area contributed by atoms with Gasteiger partial charge in [0.1, 0.15) is 12.4 Å². The van der Waals surface area contributed by atoms with Gasteiger partial charge in [-0.3, -0.25) is 0 Å². The van der Waals surface area contributed by atoms with E-state index >= 15 is 0 Å². The van der Waals surface area contributed by atoms with Crippen LogP contribution in [0.3, 0.4) is 0 Å². The summed E-state index contributed by atoms with van der Waals surface area (Å²) in [5.74, 6) is 0.0734. The minimum atomic E-state index is -0.415. The third kappa shape index (κ3) is 4.13. The number of hydrogen-bond donors (Lipinski definition) is 1. The molecule has 1 unspecified atom stereocenters. The molecule has 1 aliphatic rings. The van der Waals surface area contributed by atoms with Crippen LogP contribution in [0, 0.1) is 0 Å². The molecule has 5 nitrogen and oxygen atoms in total. The Morgan fingerprint density at radius 2 is 2.20 bits per heavy atom. The fourth-order valence-corrected chi connectivity index (χ4v) is 2.17. The van der Waals surface area contributed by atoms with E-state index < -0.39 is 5.97 Å². The normalized spacial score (nSPS) is 20.6. The zero-order valence-corrected chi connectivity index (χ0v) is 11.9. The molecule has 0 saturated carbocycles. The molecular weight excluding hydrogens is 258 g/mol. The molecule has 2 rings (SSSR count). The van der Waals surface area contributed by atoms with Crippen molar-refractivity contribution >= 4 is 11.7 Å². The van der Waals surface area contributed by atoms with Crippen molar-refractivity contribution in [3.63, 3.8) is 0 Å². The van der Waals surface area contributed by atoms with E-state index in [1.165, 1.54) is 0 Å². The molecule has 1 fully saturated rings. The van der Waals surface area contributed by atoms with Gasteiger partial charge in [-0.2, -0.15) is 0 Å². The highest BCUT2D eigenvalue weighted by Gasteiger charge is 2.32. The lowest BCUT2D eigenvalue weighted by atomic mass is 10.1. The van der Waals surface area contributed by atoms with E-state index in [-0.39, 0.29) is 24.9 Å². The summed E-state index contributed by atoms with van der Waals surface area (Å²) in [6.45, 7) is 4.20. The van der Waals surface area contributed by atoms with Crippen molar-refractivity contribution in [2.24, 2.45) is 0 Å². The molecule has 1 aromatic rings. The Balaban J connectivity index is 1.70. The number of para-hydroxylation sites is 2. The maximum absolute atomic E-state index is 11.6. The average Bonchev–Trinajstić information content (AvgIpc) is 2.75. The number of anilines is 1. The van der Waals surface area contributed by atoms with Crippen LogP contribution >= 0.6 is 0 Å². The molecule has 0 bridgehead atoms. The molecule has 5 heteroatoms. The summed E-state index contributed by atoms with van der Waals surface area (Å²) < 4.78 is 16.2. The summed E-state index contributed by atoms with van der Waals surface area (Å²) in [4.78, 5) is 11.6. The molecule has 1 atom stereocenters. The summed E-state index contributed by atoms with van der Waals surface area (Å²) in [6.07, 6.45) is 1.87. The van der Waals surface area contributed by atoms with Crippen molar-refractivity contribution in [3.05, 3.63) is 24.3 Å². The van der Waals surface area contributed by atoms with Crippen LogP contribution in [0.1, 0.15) is 26.7 Å². The van der Waals surface area contributed by atoms with Gasteiger partial charge in [-0.1, -0.05) is 12.1 Å². The maximum atomic E-state index is 11.6. The van der Waals surface area contributed by atoms with Gasteiger partial charge >= 0.3 is 5.97 Å². The number of hydrogen-bond acceptors (Lipinski definition) is 5. The van der Waals surface area contributed by atoms with Gasteiger partial charge in [-0.15, -0.1) is 0 Å². The Morgan fingerprint density at radius 1 is 1.45 bits per heavy atom. The second-order valence-corrected chi connectivity index (χ2v) is 5.55. The lowest BCUT2D eigenvalue weighted by Gasteiger charge is -2.19. The topological polar surface area (TPSA) is 70.8 Å². The van der Waals surface area contributed by atoms with Gasteiger partial charge in [0, 0.05) is 0 Å². The summed E-state index contributed by atoms with van der Waals surface area (Å²) >= 11 is 0. The molecule has 1 saturated heterocycles. The molecule has 1 aliphatic heterocycles. The predicted octanol–water partition coefficient (Wildman–Crippen LogP) is 2.15. The number of esters is 1. The van der Waals surface area contributed by atoms with E-state index in [2.05, 4.69) is 0 Å². The van der Waals surface area contributed by atoms with E-state index in [4.69, 9.17) is 19.9 Å². The molecular formula is C15H21NO4. The van der Waals surface area contributed by atoms with E-state index in [1.807, 2.05) is 13.8 Å². The Kier molecular flexibility index (Phi) is 4.49. The number of nitrogens with two attached hydrogens (primary N) is 1. The number of nitrogen functional groups attached to an aromatic ring is 1. The van der Waals surface area contributed by atoms with Gasteiger partial charge in [0.2, 0.25) is 0 Å². The standard InChI is InChI=1S/C15H21NO4/c1-15(2)8-7-11(20-15)9-19-14(17)10-18-13-6-4-3-5-12(13)16/h3-6,11H,7-10,16H2,1-2H3. The van der Waals surface area contributed by atoms with Gasteiger partial charge in [-0.25, -0.2) is 4.79 Å². The highest BCUT2D eigenvalue weighted by molar-refractivity contribution is 5.71. The third-order valence-corrected chi connectivity index (χ3v) is 3.25. The van der Waals surface area contributed by atoms with Crippen molar-refractivity contribution in [3.8, 4) is 5.75 Å². The highest BCUT2D eigenvalue weighted by Crippen LogP contribution is 2.29. The molecule has 1 heterocycles. The minimum absolute atomic E-state index is 0.0178. The van der Waals surface area contributed by atoms with Gasteiger partial charge in [0.05, 0.1) is 17.4 Å². The molecule has 0 radical (unpaired) electrons. The monoisotopic (exact) mass is 279 g/mol. The largest absolute Gasteiger partial charge is 0.480 e. The predicted molar refractivity (Wildman–Crippen MR) is 75.5 cm³/mol. The van der Waals surface area contributed by atoms with Crippen molar-refractivity contribution in [1.82, 2.24) is 0 Å². The molecule has 110 valence electrons. The first-order valence-corrected chi connectivity index (χ1v) is 6.77. The number of ether oxygens (including phenoxy) is 3. The van der Waals surface area contributed by atoms with Gasteiger partial charge < -0.3 is 19.9 Å². The van der Waals surface area contributed by atoms with Crippen LogP contribution < -0.4 is 10.5 Å². The van der Waals surface area contributed by atoms with E-state index in [1.54, 1.807) is 24.3 Å². The van der Waals surface area contributed by atoms with E-state index in [0.29, 0.717) is 11.4 Å². The van der Waals surface area contributed by atoms with Crippen LogP contribution in [0.2, 0.25) is 0 Å². The fourth-order valence-electron chi connectivity index (χ4n) is 2.17. The lowest BCUT2D eigenvalue weighted by Crippen LogP contribution is -2.25. The van der Waals surface area contributed by atoms with Crippen molar-refractivity contribution < 1.29 is 19.0 Å². The second kappa shape index (κ2) is 6.13. The molecule has 0 amide bonds. The fraction of sp³-hybridized carbons (Fsp3) is 0.533. The Bertz CT molecular complexity index is 473. The smallest absolute Gasteiger partial charge is 0.344 e. The average molecular weight is 279 g/mol. The van der Waals surface area contributed by atoms with E-state index in [0.717, 1.165) is 12.8 Å². The number of rotatable bonds is 5. The number of carbonyl (C=O) groups is 1. The van der Waals surface area contributed by atoms with Gasteiger partial charge in [-0.05, 0) is 38.8 Å². The van der Waals surface area contributed by atoms with Crippen LogP contribution in [-0.4, -0.2) is 30.9 Å². The van der Waals surface area contributed by atoms with Crippen LogP contribution in [0.4, 0.5) is 5.69 Å². The maximum Gasteiger partial charge on any atom is 0.344 e. The van der Waals surface area contributed by atoms with Crippen LogP contribution in [0.5, 0.6) is 5.75 Å². The van der Waals surface area contributed by atoms with Gasteiger partial charge in [0.25, 0.3) is 0 Å². The minimum Gasteiger partial charge on any atom is -0.480 e. The molecule has 1 aromatic carbocycles. The molecule has 20 heavy (non-hydrogen) atoms. The zero-order valence-electron chi connectivity index (χ0n) is 11.9. The Morgan fingerprint density at radius 3 is 2.85 bits per heavy atom. The SMILES string of the molecule is CC1(C)CCC(COC(=O)COc2ccccc2N)O1. The Hall–Kier alpha value is -1.75. The first kappa shape index (κ1) is 14.7. The van der Waals surface area contributed by atoms with Crippen LogP contribution in [0.15, 0.2) is 24.3 Å². The molecule has 0 spiro atoms. The van der Waals surface area contributed by atoms with E-state index in [9.17, 15) is 4.79 Å². The first-order valence-electron chi connectivity index (χ1n) is 6.77. The zero-order chi connectivity index (χ0) is 14.6. The van der Waals surface area contributed by atoms with Gasteiger partial charge in [0.15, 0.2) is 6.61 Å². The quantitative estimate of drug-likeness (QED) is 0.660. The third-order valence-electron chi connectivity index (χ3n) is 3.25. The molecule has 2 N–H and O–H groups in total. The first-order chi connectivity index (χ1) is 9.46. The van der Waals surface area contributed by atoms with Crippen molar-refractivity contribution in [1.29, 1.82) is 0 Å². The molecule has 0 aromatic heterocycles. The lowest BCUT2D eigenvalue weighted by molar-refractivity contribution is -0.151. The summed E-state index contributed by atoms with van der Waals surface area (Å²) in [5.41, 5.74) is 6.10. The summed E-state index contributed by atoms with van der Waals surface area (Å²) in [5, 5.41) is 0. The summed E-state index contributed by atoms with van der Waals surface area (Å²) in [7, 11) is 0. The van der Waals surface area contributed by atoms with Crippen molar-refractivity contribution in [2.75, 3.05) is 18.9 Å².